The molecule has 0 aliphatic carbocycles. The molecular formula is C15H18ClN5O. The molecule has 3 rings (SSSR count). The third kappa shape index (κ3) is 3.23. The largest absolute Gasteiger partial charge is 0.378 e. The van der Waals surface area contributed by atoms with Gasteiger partial charge in [0.15, 0.2) is 5.96 Å². The van der Waals surface area contributed by atoms with Crippen molar-refractivity contribution < 1.29 is 4.74 Å². The maximum atomic E-state index is 6.34. The number of rotatable bonds is 3. The normalized spacial score (nSPS) is 16.0. The van der Waals surface area contributed by atoms with Crippen molar-refractivity contribution in [2.75, 3.05) is 26.3 Å². The Kier molecular flexibility index (Phi) is 4.60. The van der Waals surface area contributed by atoms with Crippen molar-refractivity contribution in [2.24, 2.45) is 10.7 Å². The second kappa shape index (κ2) is 6.81. The van der Waals surface area contributed by atoms with Gasteiger partial charge in [0.05, 0.1) is 31.8 Å². The van der Waals surface area contributed by atoms with E-state index in [1.165, 1.54) is 0 Å². The number of nitrogens with two attached hydrogens (primary N) is 1. The second-order valence-corrected chi connectivity index (χ2v) is 5.39. The van der Waals surface area contributed by atoms with Gasteiger partial charge in [-0.25, -0.2) is 9.98 Å². The Morgan fingerprint density at radius 1 is 1.36 bits per heavy atom. The molecule has 1 saturated heterocycles. The van der Waals surface area contributed by atoms with Crippen molar-refractivity contribution in [3.63, 3.8) is 0 Å². The van der Waals surface area contributed by atoms with Crippen LogP contribution in [0.3, 0.4) is 0 Å². The summed E-state index contributed by atoms with van der Waals surface area (Å²) in [7, 11) is 0. The van der Waals surface area contributed by atoms with E-state index in [0.29, 0.717) is 30.7 Å². The highest BCUT2D eigenvalue weighted by molar-refractivity contribution is 6.31. The zero-order valence-corrected chi connectivity index (χ0v) is 12.9. The molecule has 7 heteroatoms. The minimum Gasteiger partial charge on any atom is -0.378 e. The number of aromatic nitrogens is 2. The van der Waals surface area contributed by atoms with E-state index < -0.39 is 0 Å². The summed E-state index contributed by atoms with van der Waals surface area (Å²) in [5.74, 6) is 0.528. The fourth-order valence-corrected chi connectivity index (χ4v) is 2.63. The van der Waals surface area contributed by atoms with Crippen molar-refractivity contribution in [1.82, 2.24) is 14.5 Å². The van der Waals surface area contributed by atoms with Crippen molar-refractivity contribution in [2.45, 2.75) is 6.54 Å². The molecule has 2 N–H and O–H groups in total. The van der Waals surface area contributed by atoms with Crippen LogP contribution in [0.5, 0.6) is 0 Å². The molecule has 6 nitrogen and oxygen atoms in total. The lowest BCUT2D eigenvalue weighted by Gasteiger charge is -2.27. The number of morpholine rings is 1. The molecule has 0 unspecified atom stereocenters. The number of nitrogens with zero attached hydrogens (tertiary/aromatic N) is 4. The molecule has 1 fully saturated rings. The molecule has 0 atom stereocenters. The van der Waals surface area contributed by atoms with Crippen LogP contribution in [0, 0.1) is 0 Å². The highest BCUT2D eigenvalue weighted by Gasteiger charge is 2.13. The van der Waals surface area contributed by atoms with E-state index >= 15 is 0 Å². The highest BCUT2D eigenvalue weighted by Crippen LogP contribution is 2.24. The van der Waals surface area contributed by atoms with Crippen molar-refractivity contribution in [3.05, 3.63) is 47.5 Å². The van der Waals surface area contributed by atoms with Crippen molar-refractivity contribution in [3.8, 4) is 5.69 Å². The maximum absolute atomic E-state index is 6.34. The number of ether oxygens (including phenoxy) is 1. The lowest BCUT2D eigenvalue weighted by Crippen LogP contribution is -2.44. The van der Waals surface area contributed by atoms with Gasteiger partial charge in [0.2, 0.25) is 0 Å². The molecule has 1 aliphatic rings. The summed E-state index contributed by atoms with van der Waals surface area (Å²) in [5, 5.41) is 0.671. The summed E-state index contributed by atoms with van der Waals surface area (Å²) in [5.41, 5.74) is 7.96. The summed E-state index contributed by atoms with van der Waals surface area (Å²) >= 11 is 6.34. The summed E-state index contributed by atoms with van der Waals surface area (Å²) in [6.45, 7) is 3.33. The quantitative estimate of drug-likeness (QED) is 0.690. The predicted octanol–water partition coefficient (Wildman–Crippen LogP) is 1.67. The standard InChI is InChI=1S/C15H18ClN5O/c16-13-2-1-3-14(21-5-4-18-11-21)12(13)10-19-15(17)20-6-8-22-9-7-20/h1-5,11H,6-10H2,(H2,17,19). The number of aliphatic imine (C=N–C) groups is 1. The third-order valence-corrected chi connectivity index (χ3v) is 3.97. The first kappa shape index (κ1) is 14.9. The Morgan fingerprint density at radius 3 is 2.91 bits per heavy atom. The summed E-state index contributed by atoms with van der Waals surface area (Å²) < 4.78 is 7.23. The van der Waals surface area contributed by atoms with Crippen LogP contribution < -0.4 is 5.73 Å². The topological polar surface area (TPSA) is 68.7 Å². The lowest BCUT2D eigenvalue weighted by atomic mass is 10.1. The van der Waals surface area contributed by atoms with E-state index in [1.807, 2.05) is 33.9 Å². The second-order valence-electron chi connectivity index (χ2n) is 4.98. The maximum Gasteiger partial charge on any atom is 0.191 e. The molecule has 0 saturated carbocycles. The minimum atomic E-state index is 0.427. The number of halogens is 1. The van der Waals surface area contributed by atoms with Gasteiger partial charge in [-0.3, -0.25) is 0 Å². The fraction of sp³-hybridized carbons (Fsp3) is 0.333. The Balaban J connectivity index is 1.82. The molecule has 116 valence electrons. The molecule has 0 radical (unpaired) electrons. The van der Waals surface area contributed by atoms with Gasteiger partial charge in [0, 0.05) is 36.1 Å². The number of guanidine groups is 1. The third-order valence-electron chi connectivity index (χ3n) is 3.61. The van der Waals surface area contributed by atoms with Crippen LogP contribution >= 0.6 is 11.6 Å². The molecule has 1 aliphatic heterocycles. The van der Waals surface area contributed by atoms with Gasteiger partial charge in [-0.1, -0.05) is 17.7 Å². The lowest BCUT2D eigenvalue weighted by molar-refractivity contribution is 0.0674. The smallest absolute Gasteiger partial charge is 0.191 e. The van der Waals surface area contributed by atoms with E-state index in [2.05, 4.69) is 9.98 Å². The molecule has 0 amide bonds. The Morgan fingerprint density at radius 2 is 2.18 bits per heavy atom. The number of hydrogen-bond acceptors (Lipinski definition) is 3. The van der Waals surface area contributed by atoms with Crippen LogP contribution in [0.2, 0.25) is 5.02 Å². The SMILES string of the molecule is NC(=NCc1c(Cl)cccc1-n1ccnc1)N1CCOCC1. The van der Waals surface area contributed by atoms with E-state index in [-0.39, 0.29) is 0 Å². The molecule has 1 aromatic heterocycles. The van der Waals surface area contributed by atoms with Crippen LogP contribution in [-0.2, 0) is 11.3 Å². The monoisotopic (exact) mass is 319 g/mol. The van der Waals surface area contributed by atoms with Crippen molar-refractivity contribution >= 4 is 17.6 Å². The summed E-state index contributed by atoms with van der Waals surface area (Å²) in [6, 6.07) is 5.76. The summed E-state index contributed by atoms with van der Waals surface area (Å²) in [6.07, 6.45) is 5.35. The number of imidazole rings is 1. The van der Waals surface area contributed by atoms with Gasteiger partial charge in [0.25, 0.3) is 0 Å². The zero-order chi connectivity index (χ0) is 15.4. The fourth-order valence-electron chi connectivity index (χ4n) is 2.40. The van der Waals surface area contributed by atoms with Gasteiger partial charge >= 0.3 is 0 Å². The molecule has 0 spiro atoms. The highest BCUT2D eigenvalue weighted by atomic mass is 35.5. The average molecular weight is 320 g/mol. The van der Waals surface area contributed by atoms with Crippen LogP contribution in [0.15, 0.2) is 41.9 Å². The zero-order valence-electron chi connectivity index (χ0n) is 12.2. The molecule has 0 bridgehead atoms. The first-order chi connectivity index (χ1) is 10.8. The average Bonchev–Trinajstić information content (AvgIpc) is 3.08. The molecule has 2 heterocycles. The molecule has 2 aromatic rings. The van der Waals surface area contributed by atoms with Crippen LogP contribution in [-0.4, -0.2) is 46.7 Å². The van der Waals surface area contributed by atoms with E-state index in [0.717, 1.165) is 24.3 Å². The molecule has 1 aromatic carbocycles. The number of hydrogen-bond donors (Lipinski definition) is 1. The van der Waals surface area contributed by atoms with Gasteiger partial charge in [-0.05, 0) is 12.1 Å². The van der Waals surface area contributed by atoms with Crippen LogP contribution in [0.1, 0.15) is 5.56 Å². The summed E-state index contributed by atoms with van der Waals surface area (Å²) in [4.78, 5) is 10.6. The van der Waals surface area contributed by atoms with Crippen molar-refractivity contribution in [1.29, 1.82) is 0 Å². The van der Waals surface area contributed by atoms with Gasteiger partial charge < -0.3 is 19.9 Å². The Labute approximate surface area is 134 Å². The first-order valence-electron chi connectivity index (χ1n) is 7.14. The predicted molar refractivity (Wildman–Crippen MR) is 86.3 cm³/mol. The molecular weight excluding hydrogens is 302 g/mol. The Bertz CT molecular complexity index is 650. The van der Waals surface area contributed by atoms with Crippen LogP contribution in [0.4, 0.5) is 0 Å². The first-order valence-corrected chi connectivity index (χ1v) is 7.52. The van der Waals surface area contributed by atoms with E-state index in [4.69, 9.17) is 22.1 Å². The number of benzene rings is 1. The van der Waals surface area contributed by atoms with Gasteiger partial charge in [0.1, 0.15) is 0 Å². The van der Waals surface area contributed by atoms with Gasteiger partial charge in [-0.2, -0.15) is 0 Å². The van der Waals surface area contributed by atoms with Crippen LogP contribution in [0.25, 0.3) is 5.69 Å². The molecule has 22 heavy (non-hydrogen) atoms. The van der Waals surface area contributed by atoms with Gasteiger partial charge in [-0.15, -0.1) is 0 Å². The van der Waals surface area contributed by atoms with E-state index in [9.17, 15) is 0 Å². The minimum absolute atomic E-state index is 0.427. The Hall–Kier alpha value is -2.05. The van der Waals surface area contributed by atoms with E-state index in [1.54, 1.807) is 12.5 Å².